The highest BCUT2D eigenvalue weighted by Gasteiger charge is 2.52. The smallest absolute Gasteiger partial charge is 0.127 e. The van der Waals surface area contributed by atoms with Gasteiger partial charge in [0.15, 0.2) is 0 Å². The van der Waals surface area contributed by atoms with Gasteiger partial charge in [0.2, 0.25) is 0 Å². The molecule has 0 amide bonds. The number of rotatable bonds is 3. The summed E-state index contributed by atoms with van der Waals surface area (Å²) < 4.78 is 0. The van der Waals surface area contributed by atoms with Crippen molar-refractivity contribution >= 4 is 5.82 Å². The third-order valence-electron chi connectivity index (χ3n) is 6.15. The molecule has 4 fully saturated rings. The molecule has 0 spiro atoms. The molecule has 0 radical (unpaired) electrons. The minimum atomic E-state index is 0.455. The lowest BCUT2D eigenvalue weighted by molar-refractivity contribution is -0.0821. The first-order valence-corrected chi connectivity index (χ1v) is 8.05. The van der Waals surface area contributed by atoms with E-state index >= 15 is 0 Å². The Hall–Kier alpha value is -1.09. The Bertz CT molecular complexity index is 475. The topological polar surface area (TPSA) is 42.2 Å². The lowest BCUT2D eigenvalue weighted by Gasteiger charge is -2.60. The summed E-state index contributed by atoms with van der Waals surface area (Å²) in [6.07, 6.45) is 10.5. The van der Waals surface area contributed by atoms with E-state index in [2.05, 4.69) is 23.0 Å². The summed E-state index contributed by atoms with van der Waals surface area (Å²) in [7, 11) is 2.31. The van der Waals surface area contributed by atoms with Gasteiger partial charge in [-0.2, -0.15) is 0 Å². The second-order valence-electron chi connectivity index (χ2n) is 7.55. The van der Waals surface area contributed by atoms with Crippen LogP contribution >= 0.6 is 0 Å². The summed E-state index contributed by atoms with van der Waals surface area (Å²) in [6, 6.07) is 4.12. The third kappa shape index (κ3) is 1.95. The van der Waals surface area contributed by atoms with Crippen LogP contribution in [-0.2, 0) is 6.54 Å². The Kier molecular flexibility index (Phi) is 2.81. The Labute approximate surface area is 121 Å². The van der Waals surface area contributed by atoms with Crippen LogP contribution in [0.4, 0.5) is 5.82 Å². The summed E-state index contributed by atoms with van der Waals surface area (Å²) in [4.78, 5) is 6.83. The quantitative estimate of drug-likeness (QED) is 0.918. The average Bonchev–Trinajstić information content (AvgIpc) is 2.40. The molecular formula is C17H25N3. The highest BCUT2D eigenvalue weighted by molar-refractivity contribution is 5.38. The van der Waals surface area contributed by atoms with Gasteiger partial charge >= 0.3 is 0 Å². The standard InChI is InChI=1S/C17H25N3/c1-20(11-15-3-2-4-19-16(15)18)17-8-12-5-13(9-17)7-14(6-12)10-17/h2-4,12-14H,5-11H2,1H3,(H2,18,19). The van der Waals surface area contributed by atoms with Crippen molar-refractivity contribution in [3.05, 3.63) is 23.9 Å². The van der Waals surface area contributed by atoms with Crippen LogP contribution in [0.5, 0.6) is 0 Å². The van der Waals surface area contributed by atoms with Crippen LogP contribution in [0.3, 0.4) is 0 Å². The van der Waals surface area contributed by atoms with Crippen molar-refractivity contribution < 1.29 is 0 Å². The van der Waals surface area contributed by atoms with Crippen molar-refractivity contribution in [2.45, 2.75) is 50.6 Å². The van der Waals surface area contributed by atoms with E-state index in [1.807, 2.05) is 6.07 Å². The van der Waals surface area contributed by atoms with Crippen molar-refractivity contribution in [3.8, 4) is 0 Å². The monoisotopic (exact) mass is 271 g/mol. The fourth-order valence-corrected chi connectivity index (χ4v) is 5.54. The van der Waals surface area contributed by atoms with Gasteiger partial charge in [-0.1, -0.05) is 6.07 Å². The van der Waals surface area contributed by atoms with Gasteiger partial charge in [-0.15, -0.1) is 0 Å². The van der Waals surface area contributed by atoms with Crippen LogP contribution in [0, 0.1) is 17.8 Å². The number of nitrogens with zero attached hydrogens (tertiary/aromatic N) is 2. The molecular weight excluding hydrogens is 246 g/mol. The summed E-state index contributed by atoms with van der Waals surface area (Å²) in [5, 5.41) is 0. The zero-order valence-electron chi connectivity index (χ0n) is 12.4. The van der Waals surface area contributed by atoms with Gasteiger partial charge in [0.05, 0.1) is 0 Å². The van der Waals surface area contributed by atoms with E-state index in [1.165, 1.54) is 44.1 Å². The molecule has 4 saturated carbocycles. The fraction of sp³-hybridized carbons (Fsp3) is 0.706. The zero-order valence-corrected chi connectivity index (χ0v) is 12.4. The molecule has 1 heterocycles. The van der Waals surface area contributed by atoms with E-state index in [0.717, 1.165) is 24.3 Å². The average molecular weight is 271 g/mol. The second kappa shape index (κ2) is 4.45. The molecule has 1 aromatic rings. The van der Waals surface area contributed by atoms with E-state index in [4.69, 9.17) is 5.73 Å². The Balaban J connectivity index is 1.56. The Morgan fingerprint density at radius 3 is 2.35 bits per heavy atom. The first kappa shape index (κ1) is 12.6. The molecule has 3 nitrogen and oxygen atoms in total. The van der Waals surface area contributed by atoms with E-state index in [-0.39, 0.29) is 0 Å². The van der Waals surface area contributed by atoms with Crippen molar-refractivity contribution in [1.29, 1.82) is 0 Å². The fourth-order valence-electron chi connectivity index (χ4n) is 5.54. The first-order chi connectivity index (χ1) is 9.64. The molecule has 4 bridgehead atoms. The van der Waals surface area contributed by atoms with Crippen LogP contribution in [0.15, 0.2) is 18.3 Å². The summed E-state index contributed by atoms with van der Waals surface area (Å²) in [5.74, 6) is 3.68. The van der Waals surface area contributed by atoms with Crippen LogP contribution in [0.1, 0.15) is 44.1 Å². The van der Waals surface area contributed by atoms with Gasteiger partial charge in [0.25, 0.3) is 0 Å². The Morgan fingerprint density at radius 1 is 1.20 bits per heavy atom. The molecule has 108 valence electrons. The molecule has 0 unspecified atom stereocenters. The minimum absolute atomic E-state index is 0.455. The number of nitrogen functional groups attached to an aromatic ring is 1. The van der Waals surface area contributed by atoms with Crippen LogP contribution < -0.4 is 5.73 Å². The molecule has 1 aromatic heterocycles. The normalized spacial score (nSPS) is 38.6. The molecule has 2 N–H and O–H groups in total. The van der Waals surface area contributed by atoms with Crippen molar-refractivity contribution in [1.82, 2.24) is 9.88 Å². The molecule has 0 aromatic carbocycles. The molecule has 0 saturated heterocycles. The van der Waals surface area contributed by atoms with Gasteiger partial charge < -0.3 is 5.73 Å². The number of hydrogen-bond donors (Lipinski definition) is 1. The number of nitrogens with two attached hydrogens (primary N) is 1. The first-order valence-electron chi connectivity index (χ1n) is 8.05. The third-order valence-corrected chi connectivity index (χ3v) is 6.15. The highest BCUT2D eigenvalue weighted by Crippen LogP contribution is 2.57. The molecule has 4 aliphatic rings. The lowest BCUT2D eigenvalue weighted by atomic mass is 9.52. The van der Waals surface area contributed by atoms with Crippen molar-refractivity contribution in [3.63, 3.8) is 0 Å². The number of pyridine rings is 1. The molecule has 0 aliphatic heterocycles. The lowest BCUT2D eigenvalue weighted by Crippen LogP contribution is -2.58. The maximum absolute atomic E-state index is 6.02. The predicted molar refractivity (Wildman–Crippen MR) is 81.0 cm³/mol. The van der Waals surface area contributed by atoms with E-state index in [1.54, 1.807) is 6.20 Å². The largest absolute Gasteiger partial charge is 0.383 e. The SMILES string of the molecule is CN(Cc1cccnc1N)C12CC3CC(CC(C3)C1)C2. The van der Waals surface area contributed by atoms with E-state index < -0.39 is 0 Å². The zero-order chi connectivity index (χ0) is 13.7. The Morgan fingerprint density at radius 2 is 1.80 bits per heavy atom. The molecule has 5 rings (SSSR count). The van der Waals surface area contributed by atoms with E-state index in [9.17, 15) is 0 Å². The van der Waals surface area contributed by atoms with Gasteiger partial charge in [-0.05, 0) is 69.4 Å². The van der Waals surface area contributed by atoms with Crippen molar-refractivity contribution in [2.75, 3.05) is 12.8 Å². The maximum atomic E-state index is 6.02. The molecule has 3 heteroatoms. The van der Waals surface area contributed by atoms with Crippen molar-refractivity contribution in [2.24, 2.45) is 17.8 Å². The molecule has 4 aliphatic carbocycles. The number of anilines is 1. The maximum Gasteiger partial charge on any atom is 0.127 e. The van der Waals surface area contributed by atoms with E-state index in [0.29, 0.717) is 11.4 Å². The second-order valence-corrected chi connectivity index (χ2v) is 7.55. The van der Waals surface area contributed by atoms with Gasteiger partial charge in [0.1, 0.15) is 5.82 Å². The number of hydrogen-bond acceptors (Lipinski definition) is 3. The summed E-state index contributed by atoms with van der Waals surface area (Å²) in [6.45, 7) is 0.950. The summed E-state index contributed by atoms with van der Waals surface area (Å²) in [5.41, 5.74) is 7.66. The van der Waals surface area contributed by atoms with Gasteiger partial charge in [-0.3, -0.25) is 4.90 Å². The predicted octanol–water partition coefficient (Wildman–Crippen LogP) is 3.06. The van der Waals surface area contributed by atoms with Crippen LogP contribution in [0.25, 0.3) is 0 Å². The molecule has 20 heavy (non-hydrogen) atoms. The molecule has 0 atom stereocenters. The van der Waals surface area contributed by atoms with Crippen LogP contribution in [0.2, 0.25) is 0 Å². The number of aromatic nitrogens is 1. The van der Waals surface area contributed by atoms with Gasteiger partial charge in [0, 0.05) is 23.8 Å². The van der Waals surface area contributed by atoms with Gasteiger partial charge in [-0.25, -0.2) is 4.98 Å². The highest BCUT2D eigenvalue weighted by atomic mass is 15.2. The summed E-state index contributed by atoms with van der Waals surface area (Å²) >= 11 is 0. The minimum Gasteiger partial charge on any atom is -0.383 e. The van der Waals surface area contributed by atoms with Crippen LogP contribution in [-0.4, -0.2) is 22.5 Å².